The van der Waals surface area contributed by atoms with Gasteiger partial charge in [-0.3, -0.25) is 9.82 Å². The van der Waals surface area contributed by atoms with Gasteiger partial charge in [-0.05, 0) is 32.0 Å². The van der Waals surface area contributed by atoms with E-state index in [9.17, 15) is 8.42 Å². The molecule has 0 atom stereocenters. The van der Waals surface area contributed by atoms with Crippen LogP contribution < -0.4 is 4.72 Å². The fraction of sp³-hybridized carbons (Fsp3) is 0.167. The number of aryl methyl sites for hydroxylation is 1. The quantitative estimate of drug-likeness (QED) is 0.891. The van der Waals surface area contributed by atoms with Gasteiger partial charge >= 0.3 is 0 Å². The molecule has 0 amide bonds. The number of rotatable bonds is 3. The minimum absolute atomic E-state index is 0.0339. The number of aromatic amines is 1. The number of benzene rings is 1. The molecule has 0 saturated heterocycles. The number of nitrogens with one attached hydrogen (secondary N) is 2. The molecule has 0 unspecified atom stereocenters. The van der Waals surface area contributed by atoms with Crippen molar-refractivity contribution in [2.24, 2.45) is 0 Å². The molecule has 0 spiro atoms. The Labute approximate surface area is 111 Å². The predicted octanol–water partition coefficient (Wildman–Crippen LogP) is 1.70. The molecule has 6 nitrogen and oxygen atoms in total. The molecule has 0 saturated carbocycles. The van der Waals surface area contributed by atoms with Crippen LogP contribution in [-0.4, -0.2) is 18.6 Å². The van der Waals surface area contributed by atoms with Crippen LogP contribution in [0.2, 0.25) is 0 Å². The lowest BCUT2D eigenvalue weighted by atomic mass is 10.2. The van der Waals surface area contributed by atoms with Gasteiger partial charge in [0.05, 0.1) is 16.5 Å². The second-order valence-corrected chi connectivity index (χ2v) is 5.75. The van der Waals surface area contributed by atoms with Crippen molar-refractivity contribution in [3.63, 3.8) is 0 Å². The highest BCUT2D eigenvalue weighted by atomic mass is 32.2. The van der Waals surface area contributed by atoms with Crippen molar-refractivity contribution in [3.05, 3.63) is 41.1 Å². The van der Waals surface area contributed by atoms with Gasteiger partial charge in [-0.25, -0.2) is 8.42 Å². The van der Waals surface area contributed by atoms with E-state index in [-0.39, 0.29) is 16.3 Å². The molecule has 7 heteroatoms. The van der Waals surface area contributed by atoms with Gasteiger partial charge < -0.3 is 0 Å². The largest absolute Gasteiger partial charge is 0.280 e. The number of nitriles is 1. The van der Waals surface area contributed by atoms with E-state index in [1.165, 1.54) is 18.2 Å². The van der Waals surface area contributed by atoms with Gasteiger partial charge in [-0.15, -0.1) is 0 Å². The van der Waals surface area contributed by atoms with Crippen LogP contribution in [0.1, 0.15) is 16.8 Å². The normalized spacial score (nSPS) is 11.0. The predicted molar refractivity (Wildman–Crippen MR) is 70.0 cm³/mol. The zero-order valence-electron chi connectivity index (χ0n) is 10.4. The van der Waals surface area contributed by atoms with Crippen LogP contribution >= 0.6 is 0 Å². The molecule has 0 aliphatic rings. The van der Waals surface area contributed by atoms with E-state index < -0.39 is 10.0 Å². The second-order valence-electron chi connectivity index (χ2n) is 4.07. The fourth-order valence-corrected chi connectivity index (χ4v) is 2.61. The van der Waals surface area contributed by atoms with Crippen LogP contribution in [0.15, 0.2) is 29.2 Å². The maximum atomic E-state index is 12.2. The third kappa shape index (κ3) is 2.58. The smallest absolute Gasteiger partial charge is 0.263 e. The average Bonchev–Trinajstić information content (AvgIpc) is 2.70. The monoisotopic (exact) mass is 276 g/mol. The summed E-state index contributed by atoms with van der Waals surface area (Å²) in [7, 11) is -3.74. The van der Waals surface area contributed by atoms with Crippen LogP contribution in [0, 0.1) is 25.2 Å². The number of hydrogen-bond acceptors (Lipinski definition) is 4. The van der Waals surface area contributed by atoms with Crippen LogP contribution in [-0.2, 0) is 10.0 Å². The number of H-pyrrole nitrogens is 1. The first-order chi connectivity index (χ1) is 8.94. The van der Waals surface area contributed by atoms with Gasteiger partial charge in [0.15, 0.2) is 5.82 Å². The van der Waals surface area contributed by atoms with Gasteiger partial charge in [-0.2, -0.15) is 10.4 Å². The van der Waals surface area contributed by atoms with Crippen LogP contribution in [0.5, 0.6) is 0 Å². The summed E-state index contributed by atoms with van der Waals surface area (Å²) >= 11 is 0. The van der Waals surface area contributed by atoms with E-state index >= 15 is 0 Å². The molecule has 98 valence electrons. The summed E-state index contributed by atoms with van der Waals surface area (Å²) in [6.45, 7) is 3.57. The molecule has 0 bridgehead atoms. The van der Waals surface area contributed by atoms with Crippen molar-refractivity contribution in [2.75, 3.05) is 4.72 Å². The van der Waals surface area contributed by atoms with E-state index in [0.29, 0.717) is 0 Å². The minimum Gasteiger partial charge on any atom is -0.280 e. The van der Waals surface area contributed by atoms with Crippen molar-refractivity contribution in [1.29, 1.82) is 5.26 Å². The van der Waals surface area contributed by atoms with Gasteiger partial charge in [0.1, 0.15) is 0 Å². The highest BCUT2D eigenvalue weighted by molar-refractivity contribution is 7.92. The lowest BCUT2D eigenvalue weighted by Gasteiger charge is -2.06. The fourth-order valence-electron chi connectivity index (χ4n) is 1.50. The van der Waals surface area contributed by atoms with E-state index in [0.717, 1.165) is 11.3 Å². The summed E-state index contributed by atoms with van der Waals surface area (Å²) in [5.41, 5.74) is 1.82. The van der Waals surface area contributed by atoms with Gasteiger partial charge in [0, 0.05) is 11.3 Å². The molecular weight excluding hydrogens is 264 g/mol. The van der Waals surface area contributed by atoms with Crippen LogP contribution in [0.25, 0.3) is 0 Å². The lowest BCUT2D eigenvalue weighted by molar-refractivity contribution is 0.601. The molecule has 1 heterocycles. The van der Waals surface area contributed by atoms with Crippen molar-refractivity contribution in [1.82, 2.24) is 10.2 Å². The third-order valence-corrected chi connectivity index (χ3v) is 4.09. The van der Waals surface area contributed by atoms with Crippen molar-refractivity contribution >= 4 is 15.8 Å². The molecule has 0 aliphatic heterocycles. The van der Waals surface area contributed by atoms with Gasteiger partial charge in [-0.1, -0.05) is 6.07 Å². The Balaban J connectivity index is 2.38. The molecule has 1 aromatic carbocycles. The molecule has 0 fully saturated rings. The van der Waals surface area contributed by atoms with E-state index in [2.05, 4.69) is 14.9 Å². The van der Waals surface area contributed by atoms with Crippen molar-refractivity contribution in [2.45, 2.75) is 18.7 Å². The Hall–Kier alpha value is -2.33. The first kappa shape index (κ1) is 13.1. The maximum absolute atomic E-state index is 12.2. The second kappa shape index (κ2) is 4.74. The molecule has 2 rings (SSSR count). The Morgan fingerprint density at radius 1 is 1.37 bits per heavy atom. The third-order valence-electron chi connectivity index (χ3n) is 2.76. The molecule has 2 aromatic rings. The Morgan fingerprint density at radius 3 is 2.68 bits per heavy atom. The molecular formula is C12H12N4O2S. The van der Waals surface area contributed by atoms with Crippen molar-refractivity contribution < 1.29 is 8.42 Å². The highest BCUT2D eigenvalue weighted by Gasteiger charge is 2.17. The summed E-state index contributed by atoms with van der Waals surface area (Å²) < 4.78 is 26.7. The summed E-state index contributed by atoms with van der Waals surface area (Å²) in [6.07, 6.45) is 0. The Bertz CT molecular complexity index is 756. The first-order valence-corrected chi connectivity index (χ1v) is 6.97. The maximum Gasteiger partial charge on any atom is 0.263 e. The lowest BCUT2D eigenvalue weighted by Crippen LogP contribution is -2.14. The molecule has 0 aliphatic carbocycles. The number of hydrogen-bond donors (Lipinski definition) is 2. The summed E-state index contributed by atoms with van der Waals surface area (Å²) in [6, 6.07) is 7.72. The molecule has 19 heavy (non-hydrogen) atoms. The number of anilines is 1. The van der Waals surface area contributed by atoms with E-state index in [1.807, 2.05) is 6.07 Å². The van der Waals surface area contributed by atoms with E-state index in [1.54, 1.807) is 19.9 Å². The average molecular weight is 276 g/mol. The standard InChI is InChI=1S/C12H12N4O2S/c1-8-9(2)14-15-12(8)16-19(17,18)11-5-3-4-10(6-11)7-13/h3-6H,1-2H3,(H2,14,15,16). The zero-order valence-corrected chi connectivity index (χ0v) is 11.2. The van der Waals surface area contributed by atoms with Crippen LogP contribution in [0.4, 0.5) is 5.82 Å². The topological polar surface area (TPSA) is 98.6 Å². The zero-order chi connectivity index (χ0) is 14.0. The number of nitrogens with zero attached hydrogens (tertiary/aromatic N) is 2. The SMILES string of the molecule is Cc1[nH]nc(NS(=O)(=O)c2cccc(C#N)c2)c1C. The summed E-state index contributed by atoms with van der Waals surface area (Å²) in [5, 5.41) is 15.4. The first-order valence-electron chi connectivity index (χ1n) is 5.48. The Morgan fingerprint density at radius 2 is 2.11 bits per heavy atom. The molecule has 0 radical (unpaired) electrons. The van der Waals surface area contributed by atoms with Crippen molar-refractivity contribution in [3.8, 4) is 6.07 Å². The highest BCUT2D eigenvalue weighted by Crippen LogP contribution is 2.19. The van der Waals surface area contributed by atoms with Gasteiger partial charge in [0.25, 0.3) is 10.0 Å². The van der Waals surface area contributed by atoms with Gasteiger partial charge in [0.2, 0.25) is 0 Å². The Kier molecular flexibility index (Phi) is 3.27. The summed E-state index contributed by atoms with van der Waals surface area (Å²) in [5.74, 6) is 0.264. The van der Waals surface area contributed by atoms with Crippen LogP contribution in [0.3, 0.4) is 0 Å². The minimum atomic E-state index is -3.74. The molecule has 1 aromatic heterocycles. The number of aromatic nitrogens is 2. The summed E-state index contributed by atoms with van der Waals surface area (Å²) in [4.78, 5) is 0.0339. The molecule has 2 N–H and O–H groups in total. The van der Waals surface area contributed by atoms with E-state index in [4.69, 9.17) is 5.26 Å². The number of sulfonamides is 1.